The second kappa shape index (κ2) is 9.22. The average molecular weight is 508 g/mol. The summed E-state index contributed by atoms with van der Waals surface area (Å²) in [5.74, 6) is -1.42. The van der Waals surface area contributed by atoms with Crippen molar-refractivity contribution < 1.29 is 23.1 Å². The molecule has 0 atom stereocenters. The second-order valence-electron chi connectivity index (χ2n) is 9.71. The van der Waals surface area contributed by atoms with Gasteiger partial charge in [-0.05, 0) is 42.0 Å². The van der Waals surface area contributed by atoms with Crippen LogP contribution in [0.25, 0.3) is 28.4 Å². The van der Waals surface area contributed by atoms with E-state index in [-0.39, 0.29) is 11.1 Å². The van der Waals surface area contributed by atoms with Gasteiger partial charge in [0.25, 0.3) is 5.91 Å². The van der Waals surface area contributed by atoms with Crippen LogP contribution in [-0.2, 0) is 21.4 Å². The van der Waals surface area contributed by atoms with E-state index in [1.807, 2.05) is 34.9 Å². The van der Waals surface area contributed by atoms with Gasteiger partial charge < -0.3 is 9.67 Å². The Kier molecular flexibility index (Phi) is 6.22. The van der Waals surface area contributed by atoms with Gasteiger partial charge in [-0.2, -0.15) is 12.7 Å². The van der Waals surface area contributed by atoms with Gasteiger partial charge in [-0.3, -0.25) is 4.79 Å². The minimum absolute atomic E-state index is 0.186. The number of hydrogen-bond donors (Lipinski definition) is 2. The molecule has 1 fully saturated rings. The number of aromatic nitrogens is 1. The van der Waals surface area contributed by atoms with E-state index >= 15 is 0 Å². The van der Waals surface area contributed by atoms with Gasteiger partial charge in [0.15, 0.2) is 0 Å². The molecule has 2 heterocycles. The third kappa shape index (κ3) is 4.22. The zero-order valence-electron chi connectivity index (χ0n) is 20.3. The van der Waals surface area contributed by atoms with Gasteiger partial charge in [0, 0.05) is 43.2 Å². The number of aliphatic carboxylic acids is 1. The van der Waals surface area contributed by atoms with Crippen molar-refractivity contribution in [1.29, 1.82) is 0 Å². The summed E-state index contributed by atoms with van der Waals surface area (Å²) in [5, 5.41) is 10.9. The minimum Gasteiger partial charge on any atom is -0.478 e. The van der Waals surface area contributed by atoms with Crippen LogP contribution in [-0.4, -0.2) is 48.4 Å². The lowest BCUT2D eigenvalue weighted by Crippen LogP contribution is -2.39. The van der Waals surface area contributed by atoms with Gasteiger partial charge in [-0.15, -0.1) is 0 Å². The highest BCUT2D eigenvalue weighted by atomic mass is 32.2. The number of carbonyl (C=O) groups is 2. The fourth-order valence-electron chi connectivity index (χ4n) is 5.40. The Hall–Kier alpha value is -3.43. The zero-order chi connectivity index (χ0) is 25.6. The first kappa shape index (κ1) is 24.3. The molecule has 5 rings (SSSR count). The highest BCUT2D eigenvalue weighted by Crippen LogP contribution is 2.46. The topological polar surface area (TPSA) is 109 Å². The summed E-state index contributed by atoms with van der Waals surface area (Å²) in [5.41, 5.74) is 5.19. The van der Waals surface area contributed by atoms with Crippen molar-refractivity contribution in [2.24, 2.45) is 0 Å². The average Bonchev–Trinajstić information content (AvgIpc) is 3.06. The van der Waals surface area contributed by atoms with Crippen LogP contribution in [0.5, 0.6) is 0 Å². The first-order chi connectivity index (χ1) is 17.2. The van der Waals surface area contributed by atoms with Crippen LogP contribution in [0.4, 0.5) is 0 Å². The summed E-state index contributed by atoms with van der Waals surface area (Å²) in [6.45, 7) is 0. The number of carboxylic acid groups (broad SMARTS) is 1. The third-order valence-electron chi connectivity index (χ3n) is 7.23. The summed E-state index contributed by atoms with van der Waals surface area (Å²) < 4.78 is 29.4. The normalized spacial score (nSPS) is 16.2. The maximum Gasteiger partial charge on any atom is 0.333 e. The van der Waals surface area contributed by atoms with E-state index in [9.17, 15) is 23.1 Å². The van der Waals surface area contributed by atoms with E-state index in [0.717, 1.165) is 52.2 Å². The lowest BCUT2D eigenvalue weighted by Gasteiger charge is -2.23. The molecular formula is C27H29N3O5S. The number of rotatable bonds is 5. The third-order valence-corrected chi connectivity index (χ3v) is 8.64. The van der Waals surface area contributed by atoms with Crippen LogP contribution in [0.15, 0.2) is 48.0 Å². The molecule has 2 aliphatic rings. The Bertz CT molecular complexity index is 1510. The smallest absolute Gasteiger partial charge is 0.333 e. The van der Waals surface area contributed by atoms with E-state index in [1.165, 1.54) is 26.1 Å². The van der Waals surface area contributed by atoms with E-state index in [4.69, 9.17) is 0 Å². The maximum absolute atomic E-state index is 12.9. The molecule has 188 valence electrons. The molecule has 0 saturated heterocycles. The lowest BCUT2D eigenvalue weighted by molar-refractivity contribution is -0.132. The first-order valence-electron chi connectivity index (χ1n) is 12.1. The molecule has 8 nitrogen and oxygen atoms in total. The predicted octanol–water partition coefficient (Wildman–Crippen LogP) is 4.37. The van der Waals surface area contributed by atoms with Crippen LogP contribution in [0.3, 0.4) is 0 Å². The molecule has 0 unspecified atom stereocenters. The fourth-order valence-corrected chi connectivity index (χ4v) is 5.94. The molecule has 3 aromatic rings. The van der Waals surface area contributed by atoms with Crippen molar-refractivity contribution >= 4 is 39.2 Å². The van der Waals surface area contributed by atoms with Gasteiger partial charge in [0.1, 0.15) is 0 Å². The molecule has 1 aliphatic heterocycles. The van der Waals surface area contributed by atoms with Gasteiger partial charge in [-0.1, -0.05) is 49.6 Å². The lowest BCUT2D eigenvalue weighted by atomic mass is 9.81. The number of amides is 1. The van der Waals surface area contributed by atoms with Crippen molar-refractivity contribution in [1.82, 2.24) is 13.6 Å². The molecule has 1 amide bonds. The summed E-state index contributed by atoms with van der Waals surface area (Å²) in [7, 11) is -1.27. The monoisotopic (exact) mass is 507 g/mol. The number of benzene rings is 2. The molecule has 2 aromatic carbocycles. The molecule has 1 aliphatic carbocycles. The number of hydrogen-bond acceptors (Lipinski definition) is 4. The summed E-state index contributed by atoms with van der Waals surface area (Å²) in [4.78, 5) is 25.0. The molecule has 0 bridgehead atoms. The number of nitrogens with zero attached hydrogens (tertiary/aromatic N) is 2. The Morgan fingerprint density at radius 1 is 1.06 bits per heavy atom. The zero-order valence-corrected chi connectivity index (χ0v) is 21.1. The van der Waals surface area contributed by atoms with Gasteiger partial charge >= 0.3 is 16.2 Å². The number of nitrogens with one attached hydrogen (secondary N) is 1. The Labute approximate surface area is 210 Å². The highest BCUT2D eigenvalue weighted by molar-refractivity contribution is 7.87. The van der Waals surface area contributed by atoms with Crippen molar-refractivity contribution in [3.05, 3.63) is 64.7 Å². The van der Waals surface area contributed by atoms with E-state index < -0.39 is 22.1 Å². The van der Waals surface area contributed by atoms with Crippen LogP contribution >= 0.6 is 0 Å². The van der Waals surface area contributed by atoms with Crippen molar-refractivity contribution in [3.8, 4) is 11.3 Å². The molecule has 0 radical (unpaired) electrons. The minimum atomic E-state index is -3.96. The molecule has 0 spiro atoms. The largest absolute Gasteiger partial charge is 0.478 e. The predicted molar refractivity (Wildman–Crippen MR) is 139 cm³/mol. The van der Waals surface area contributed by atoms with Crippen LogP contribution in [0.1, 0.15) is 59.5 Å². The molecule has 36 heavy (non-hydrogen) atoms. The summed E-state index contributed by atoms with van der Waals surface area (Å²) in [6, 6.07) is 13.1. The molecular weight excluding hydrogens is 478 g/mol. The van der Waals surface area contributed by atoms with E-state index in [1.54, 1.807) is 18.3 Å². The number of carbonyl (C=O) groups excluding carboxylic acids is 1. The molecule has 1 saturated carbocycles. The van der Waals surface area contributed by atoms with Gasteiger partial charge in [-0.25, -0.2) is 9.52 Å². The van der Waals surface area contributed by atoms with Crippen molar-refractivity contribution in [2.75, 3.05) is 14.1 Å². The SMILES string of the molecule is CN(C)S(=O)(=O)NC(=O)c1ccc2c(C3CCCCC3)c3n(c2c1)C=C(C(=O)O)Cc1ccccc1-3. The first-order valence-corrected chi connectivity index (χ1v) is 13.6. The van der Waals surface area contributed by atoms with Crippen molar-refractivity contribution in [2.45, 2.75) is 44.4 Å². The quantitative estimate of drug-likeness (QED) is 0.533. The van der Waals surface area contributed by atoms with Gasteiger partial charge in [0.05, 0.1) is 16.8 Å². The summed E-state index contributed by atoms with van der Waals surface area (Å²) in [6.07, 6.45) is 7.52. The Morgan fingerprint density at radius 3 is 2.47 bits per heavy atom. The van der Waals surface area contributed by atoms with E-state index in [2.05, 4.69) is 4.72 Å². The summed E-state index contributed by atoms with van der Waals surface area (Å²) >= 11 is 0. The molecule has 1 aromatic heterocycles. The van der Waals surface area contributed by atoms with Gasteiger partial charge in [0.2, 0.25) is 0 Å². The van der Waals surface area contributed by atoms with Crippen molar-refractivity contribution in [3.63, 3.8) is 0 Å². The van der Waals surface area contributed by atoms with Crippen LogP contribution in [0, 0.1) is 0 Å². The maximum atomic E-state index is 12.9. The number of fused-ring (bicyclic) bond motifs is 5. The highest BCUT2D eigenvalue weighted by Gasteiger charge is 2.30. The molecule has 2 N–H and O–H groups in total. The number of carboxylic acids is 1. The Morgan fingerprint density at radius 2 is 1.78 bits per heavy atom. The van der Waals surface area contributed by atoms with E-state index in [0.29, 0.717) is 17.9 Å². The standard InChI is InChI=1S/C27H29N3O5S/c1-29(2)36(34,35)28-26(31)19-12-13-22-23(15-19)30-16-20(27(32)33)14-18-10-6-7-11-21(18)25(30)24(22)17-8-4-3-5-9-17/h6-7,10-13,15-17H,3-5,8-9,14H2,1-2H3,(H,28,31)(H,32,33). The Balaban J connectivity index is 1.78. The van der Waals surface area contributed by atoms with Crippen LogP contribution < -0.4 is 4.72 Å². The molecule has 9 heteroatoms. The van der Waals surface area contributed by atoms with Crippen LogP contribution in [0.2, 0.25) is 0 Å². The fraction of sp³-hybridized carbons (Fsp3) is 0.333. The second-order valence-corrected chi connectivity index (χ2v) is 11.6.